The van der Waals surface area contributed by atoms with E-state index in [0.717, 1.165) is 49.4 Å². The van der Waals surface area contributed by atoms with Gasteiger partial charge in [0, 0.05) is 30.5 Å². The Kier molecular flexibility index (Phi) is 9.13. The highest BCUT2D eigenvalue weighted by Gasteiger charge is 2.20. The van der Waals surface area contributed by atoms with E-state index in [1.165, 1.54) is 0 Å². The Labute approximate surface area is 167 Å². The number of nitrogens with one attached hydrogen (secondary N) is 2. The van der Waals surface area contributed by atoms with E-state index in [2.05, 4.69) is 40.1 Å². The number of piperidine rings is 1. The third-order valence-electron chi connectivity index (χ3n) is 4.44. The number of imidazole rings is 1. The molecule has 2 aromatic rings. The Hall–Kier alpha value is -1.56. The fraction of sp³-hybridized carbons (Fsp3) is 0.474. The van der Waals surface area contributed by atoms with Gasteiger partial charge < -0.3 is 15.2 Å². The van der Waals surface area contributed by atoms with Crippen LogP contribution in [0.25, 0.3) is 0 Å². The van der Waals surface area contributed by atoms with E-state index < -0.39 is 0 Å². The van der Waals surface area contributed by atoms with Gasteiger partial charge in [-0.1, -0.05) is 32.4 Å². The van der Waals surface area contributed by atoms with Crippen LogP contribution in [-0.4, -0.2) is 28.0 Å². The van der Waals surface area contributed by atoms with E-state index in [9.17, 15) is 4.79 Å². The molecule has 1 amide bonds. The Morgan fingerprint density at radius 3 is 2.85 bits per heavy atom. The minimum absolute atomic E-state index is 0. The average Bonchev–Trinajstić information content (AvgIpc) is 3.04. The second-order valence-electron chi connectivity index (χ2n) is 6.76. The zero-order chi connectivity index (χ0) is 16.9. The topological polar surface area (TPSA) is 59.0 Å². The maximum atomic E-state index is 12.4. The highest BCUT2D eigenvalue weighted by molar-refractivity contribution is 5.94. The molecule has 1 saturated heterocycles. The summed E-state index contributed by atoms with van der Waals surface area (Å²) in [5.74, 6) is 1.54. The van der Waals surface area contributed by atoms with Crippen molar-refractivity contribution in [2.24, 2.45) is 0 Å². The van der Waals surface area contributed by atoms with Crippen molar-refractivity contribution in [3.8, 4) is 0 Å². The molecule has 3 rings (SSSR count). The number of anilines is 1. The third-order valence-corrected chi connectivity index (χ3v) is 4.44. The summed E-state index contributed by atoms with van der Waals surface area (Å²) >= 11 is 0. The van der Waals surface area contributed by atoms with E-state index in [1.54, 1.807) is 0 Å². The first kappa shape index (κ1) is 22.5. The van der Waals surface area contributed by atoms with Gasteiger partial charge in [-0.25, -0.2) is 4.98 Å². The van der Waals surface area contributed by atoms with E-state index in [0.29, 0.717) is 5.92 Å². The van der Waals surface area contributed by atoms with E-state index in [1.807, 2.05) is 30.6 Å². The van der Waals surface area contributed by atoms with Crippen LogP contribution in [0.15, 0.2) is 36.7 Å². The molecule has 0 aliphatic carbocycles. The van der Waals surface area contributed by atoms with Crippen LogP contribution in [0.1, 0.15) is 50.4 Å². The van der Waals surface area contributed by atoms with Gasteiger partial charge in [-0.2, -0.15) is 0 Å². The minimum atomic E-state index is -0.0661. The molecule has 1 atom stereocenters. The van der Waals surface area contributed by atoms with E-state index in [4.69, 9.17) is 0 Å². The van der Waals surface area contributed by atoms with E-state index in [-0.39, 0.29) is 36.8 Å². The molecular formula is C19H28Cl2N4O. The summed E-state index contributed by atoms with van der Waals surface area (Å²) in [7, 11) is 0. The average molecular weight is 399 g/mol. The lowest BCUT2D eigenvalue weighted by Gasteiger charge is -2.22. The fourth-order valence-electron chi connectivity index (χ4n) is 3.20. The Morgan fingerprint density at radius 1 is 1.35 bits per heavy atom. The lowest BCUT2D eigenvalue weighted by Crippen LogP contribution is -2.43. The fourth-order valence-corrected chi connectivity index (χ4v) is 3.20. The molecule has 0 bridgehead atoms. The van der Waals surface area contributed by atoms with Gasteiger partial charge in [0.05, 0.1) is 6.04 Å². The summed E-state index contributed by atoms with van der Waals surface area (Å²) in [4.78, 5) is 16.8. The number of nitrogens with zero attached hydrogens (tertiary/aromatic N) is 2. The van der Waals surface area contributed by atoms with Crippen LogP contribution in [0.3, 0.4) is 0 Å². The summed E-state index contributed by atoms with van der Waals surface area (Å²) in [6.07, 6.45) is 7.03. The van der Waals surface area contributed by atoms with Gasteiger partial charge in [0.2, 0.25) is 5.91 Å². The number of halogens is 2. The molecule has 2 N–H and O–H groups in total. The number of hydrogen-bond acceptors (Lipinski definition) is 3. The molecule has 1 fully saturated rings. The molecule has 2 heterocycles. The van der Waals surface area contributed by atoms with Crippen LogP contribution >= 0.6 is 24.8 Å². The lowest BCUT2D eigenvalue weighted by molar-refractivity contribution is -0.118. The number of rotatable bonds is 5. The molecule has 1 aromatic carbocycles. The van der Waals surface area contributed by atoms with Crippen molar-refractivity contribution >= 4 is 36.4 Å². The van der Waals surface area contributed by atoms with Crippen LogP contribution in [0, 0.1) is 0 Å². The van der Waals surface area contributed by atoms with Crippen molar-refractivity contribution in [3.05, 3.63) is 48.0 Å². The van der Waals surface area contributed by atoms with Gasteiger partial charge in [-0.3, -0.25) is 4.79 Å². The third kappa shape index (κ3) is 5.73. The highest BCUT2D eigenvalue weighted by atomic mass is 35.5. The zero-order valence-electron chi connectivity index (χ0n) is 15.3. The number of amides is 1. The van der Waals surface area contributed by atoms with Gasteiger partial charge in [0.15, 0.2) is 0 Å². The molecule has 0 unspecified atom stereocenters. The molecule has 0 radical (unpaired) electrons. The number of carbonyl (C=O) groups is 1. The van der Waals surface area contributed by atoms with Gasteiger partial charge >= 0.3 is 0 Å². The summed E-state index contributed by atoms with van der Waals surface area (Å²) in [5, 5.41) is 6.33. The Morgan fingerprint density at radius 2 is 2.15 bits per heavy atom. The van der Waals surface area contributed by atoms with Crippen LogP contribution in [-0.2, 0) is 11.3 Å². The first-order valence-electron chi connectivity index (χ1n) is 8.77. The van der Waals surface area contributed by atoms with Crippen LogP contribution < -0.4 is 10.6 Å². The number of benzene rings is 1. The van der Waals surface area contributed by atoms with Crippen molar-refractivity contribution in [2.75, 3.05) is 11.9 Å². The molecular weight excluding hydrogens is 371 g/mol. The van der Waals surface area contributed by atoms with Gasteiger partial charge in [0.25, 0.3) is 0 Å². The van der Waals surface area contributed by atoms with Crippen molar-refractivity contribution in [2.45, 2.75) is 51.6 Å². The lowest BCUT2D eigenvalue weighted by atomic mass is 10.0. The SMILES string of the molecule is CC(C)c1nccn1Cc1cccc(NC(=O)[C@H]2CCCCN2)c1.Cl.Cl. The number of hydrogen-bond donors (Lipinski definition) is 2. The summed E-state index contributed by atoms with van der Waals surface area (Å²) in [6, 6.07) is 8.00. The molecule has 5 nitrogen and oxygen atoms in total. The monoisotopic (exact) mass is 398 g/mol. The minimum Gasteiger partial charge on any atom is -0.330 e. The number of aromatic nitrogens is 2. The normalized spacial score (nSPS) is 16.5. The van der Waals surface area contributed by atoms with Crippen molar-refractivity contribution < 1.29 is 4.79 Å². The largest absolute Gasteiger partial charge is 0.330 e. The molecule has 0 spiro atoms. The van der Waals surface area contributed by atoms with Gasteiger partial charge in [-0.15, -0.1) is 24.8 Å². The van der Waals surface area contributed by atoms with Crippen LogP contribution in [0.5, 0.6) is 0 Å². The van der Waals surface area contributed by atoms with Gasteiger partial charge in [0.1, 0.15) is 5.82 Å². The molecule has 1 aromatic heterocycles. The summed E-state index contributed by atoms with van der Waals surface area (Å²) in [6.45, 7) is 5.98. The first-order chi connectivity index (χ1) is 11.6. The zero-order valence-corrected chi connectivity index (χ0v) is 16.9. The van der Waals surface area contributed by atoms with E-state index >= 15 is 0 Å². The summed E-state index contributed by atoms with van der Waals surface area (Å²) in [5.41, 5.74) is 2.01. The second-order valence-corrected chi connectivity index (χ2v) is 6.76. The molecule has 0 saturated carbocycles. The quantitative estimate of drug-likeness (QED) is 0.800. The smallest absolute Gasteiger partial charge is 0.241 e. The molecule has 144 valence electrons. The second kappa shape index (κ2) is 10.6. The van der Waals surface area contributed by atoms with Crippen LogP contribution in [0.2, 0.25) is 0 Å². The predicted molar refractivity (Wildman–Crippen MR) is 111 cm³/mol. The van der Waals surface area contributed by atoms with Crippen molar-refractivity contribution in [3.63, 3.8) is 0 Å². The number of carbonyl (C=O) groups excluding carboxylic acids is 1. The first-order valence-corrected chi connectivity index (χ1v) is 8.77. The standard InChI is InChI=1S/C19H26N4O.2ClH/c1-14(2)18-21-10-11-23(18)13-15-6-5-7-16(12-15)22-19(24)17-8-3-4-9-20-17;;/h5-7,10-12,14,17,20H,3-4,8-9,13H2,1-2H3,(H,22,24);2*1H/t17-;;/m1../s1. The van der Waals surface area contributed by atoms with Crippen molar-refractivity contribution in [1.82, 2.24) is 14.9 Å². The van der Waals surface area contributed by atoms with Crippen molar-refractivity contribution in [1.29, 1.82) is 0 Å². The Bertz CT molecular complexity index is 696. The maximum Gasteiger partial charge on any atom is 0.241 e. The van der Waals surface area contributed by atoms with Crippen LogP contribution in [0.4, 0.5) is 5.69 Å². The summed E-state index contributed by atoms with van der Waals surface area (Å²) < 4.78 is 2.16. The maximum absolute atomic E-state index is 12.4. The predicted octanol–water partition coefficient (Wildman–Crippen LogP) is 3.98. The molecule has 26 heavy (non-hydrogen) atoms. The molecule has 1 aliphatic heterocycles. The highest BCUT2D eigenvalue weighted by Crippen LogP contribution is 2.17. The molecule has 1 aliphatic rings. The molecule has 7 heteroatoms. The van der Waals surface area contributed by atoms with Gasteiger partial charge in [-0.05, 0) is 37.1 Å². The Balaban J connectivity index is 0.00000169.